The number of nitrogens with zero attached hydrogens (tertiary/aromatic N) is 4. The van der Waals surface area contributed by atoms with Gasteiger partial charge in [-0.1, -0.05) is 24.5 Å². The molecule has 2 aliphatic rings. The first-order valence-corrected chi connectivity index (χ1v) is 28.1. The van der Waals surface area contributed by atoms with E-state index >= 15 is 0 Å². The predicted octanol–water partition coefficient (Wildman–Crippen LogP) is 11.1. The quantitative estimate of drug-likeness (QED) is 0.0117. The van der Waals surface area contributed by atoms with E-state index in [1.807, 2.05) is 6.92 Å². The van der Waals surface area contributed by atoms with E-state index in [2.05, 4.69) is 38.6 Å². The van der Waals surface area contributed by atoms with E-state index < -0.39 is 41.6 Å². The predicted molar refractivity (Wildman–Crippen MR) is 299 cm³/mol. The lowest BCUT2D eigenvalue weighted by Gasteiger charge is -2.26. The molecule has 7 rings (SSSR count). The second kappa shape index (κ2) is 31.0. The van der Waals surface area contributed by atoms with Crippen LogP contribution < -0.4 is 33.8 Å². The Balaban J connectivity index is 0.870. The first-order chi connectivity index (χ1) is 38.8. The van der Waals surface area contributed by atoms with Crippen LogP contribution in [-0.4, -0.2) is 83.4 Å². The van der Waals surface area contributed by atoms with Gasteiger partial charge in [0.25, 0.3) is 0 Å². The molecular weight excluding hydrogens is 1050 g/mol. The Kier molecular flexibility index (Phi) is 23.1. The second-order valence-electron chi connectivity index (χ2n) is 19.6. The summed E-state index contributed by atoms with van der Waals surface area (Å²) in [6.45, 7) is 12.2. The Morgan fingerprint density at radius 1 is 0.537 bits per heavy atom. The monoisotopic (exact) mass is 1120 g/mol. The van der Waals surface area contributed by atoms with Crippen LogP contribution in [0.5, 0.6) is 34.5 Å². The van der Waals surface area contributed by atoms with Crippen molar-refractivity contribution in [3.05, 3.63) is 109 Å². The highest BCUT2D eigenvalue weighted by molar-refractivity contribution is 7.22. The van der Waals surface area contributed by atoms with Crippen molar-refractivity contribution in [1.82, 2.24) is 15.0 Å². The molecular formula is C60H69N5O14S. The smallest absolute Gasteiger partial charge is 0.330 e. The van der Waals surface area contributed by atoms with E-state index in [9.17, 15) is 28.8 Å². The number of hydrazone groups is 1. The van der Waals surface area contributed by atoms with Gasteiger partial charge < -0.3 is 37.9 Å². The molecule has 20 heteroatoms. The number of hydrogen-bond donors (Lipinski definition) is 1. The highest BCUT2D eigenvalue weighted by Crippen LogP contribution is 2.35. The van der Waals surface area contributed by atoms with Crippen LogP contribution in [0.3, 0.4) is 0 Å². The number of aryl methyl sites for hydroxylation is 2. The summed E-state index contributed by atoms with van der Waals surface area (Å²) in [4.78, 5) is 89.3. The van der Waals surface area contributed by atoms with E-state index in [1.54, 1.807) is 73.7 Å². The minimum Gasteiger partial charge on any atom is -0.494 e. The molecule has 19 nitrogen and oxygen atoms in total. The van der Waals surface area contributed by atoms with Crippen LogP contribution >= 0.6 is 11.3 Å². The van der Waals surface area contributed by atoms with Gasteiger partial charge in [0.05, 0.1) is 66.7 Å². The number of benzene rings is 3. The minimum absolute atomic E-state index is 0.190. The van der Waals surface area contributed by atoms with Crippen molar-refractivity contribution < 1.29 is 66.7 Å². The van der Waals surface area contributed by atoms with Gasteiger partial charge in [0, 0.05) is 17.7 Å². The topological polar surface area (TPSA) is 239 Å². The Bertz CT molecular complexity index is 2950. The summed E-state index contributed by atoms with van der Waals surface area (Å²) in [6, 6.07) is 18.5. The Morgan fingerprint density at radius 2 is 0.950 bits per heavy atom. The third kappa shape index (κ3) is 18.8. The van der Waals surface area contributed by atoms with Gasteiger partial charge in [0.15, 0.2) is 5.65 Å². The summed E-state index contributed by atoms with van der Waals surface area (Å²) in [5, 5.41) is 4.87. The fraction of sp³-hybridized carbons (Fsp3) is 0.433. The third-order valence-corrected chi connectivity index (χ3v) is 14.7. The first-order valence-electron chi connectivity index (χ1n) is 27.3. The number of fused-ring (bicyclic) bond motifs is 1. The first kappa shape index (κ1) is 59.7. The van der Waals surface area contributed by atoms with Crippen molar-refractivity contribution in [3.8, 4) is 34.5 Å². The molecule has 0 bridgehead atoms. The lowest BCUT2D eigenvalue weighted by Crippen LogP contribution is -2.30. The zero-order valence-corrected chi connectivity index (χ0v) is 46.2. The average molecular weight is 1120 g/mol. The number of carbonyl (C=O) groups excluding carboxylic acids is 6. The van der Waals surface area contributed by atoms with Gasteiger partial charge >= 0.3 is 35.8 Å². The number of nitrogens with one attached hydrogen (secondary N) is 1. The van der Waals surface area contributed by atoms with Crippen molar-refractivity contribution in [2.45, 2.75) is 117 Å². The molecule has 1 N–H and O–H groups in total. The lowest BCUT2D eigenvalue weighted by atomic mass is 9.82. The zero-order chi connectivity index (χ0) is 56.6. The number of carbonyl (C=O) groups is 6. The molecule has 3 aromatic carbocycles. The maximum Gasteiger partial charge on any atom is 0.330 e. The van der Waals surface area contributed by atoms with Crippen LogP contribution in [-0.2, 0) is 38.2 Å². The van der Waals surface area contributed by atoms with Crippen LogP contribution in [0, 0.1) is 37.5 Å². The number of thiazole rings is 1. The molecule has 2 aliphatic carbocycles. The Hall–Kier alpha value is -8.00. The SMILES string of the molecule is C=CC(=O)OCCCCCCOc1ccc(OC(=O)C2CCC(C(=O)Oc3ccc(OC(=O)C4CCC(C(=O)Oc5ccc(OCCCCCCOC(=O)C=C)cc5)CC4)c(/C=N/Nc4nc5nc(C)nc(C)c5s4)c3)CC2)cc1. The molecule has 0 aliphatic heterocycles. The lowest BCUT2D eigenvalue weighted by molar-refractivity contribution is -0.145. The number of esters is 6. The summed E-state index contributed by atoms with van der Waals surface area (Å²) >= 11 is 1.34. The van der Waals surface area contributed by atoms with Crippen LogP contribution in [0.4, 0.5) is 5.13 Å². The molecule has 0 unspecified atom stereocenters. The normalized spacial score (nSPS) is 16.9. The molecule has 80 heavy (non-hydrogen) atoms. The van der Waals surface area contributed by atoms with Crippen molar-refractivity contribution in [3.63, 3.8) is 0 Å². The molecule has 0 amide bonds. The number of anilines is 1. The van der Waals surface area contributed by atoms with Gasteiger partial charge in [-0.15, -0.1) is 0 Å². The number of ether oxygens (including phenoxy) is 8. The minimum atomic E-state index is -0.476. The van der Waals surface area contributed by atoms with Gasteiger partial charge in [0.2, 0.25) is 5.13 Å². The summed E-state index contributed by atoms with van der Waals surface area (Å²) in [5.74, 6) is -1.06. The number of rotatable bonds is 29. The van der Waals surface area contributed by atoms with E-state index in [0.29, 0.717) is 123 Å². The summed E-state index contributed by atoms with van der Waals surface area (Å²) in [5.41, 5.74) is 4.62. The van der Waals surface area contributed by atoms with Crippen molar-refractivity contribution in [2.24, 2.45) is 28.8 Å². The van der Waals surface area contributed by atoms with Gasteiger partial charge in [0.1, 0.15) is 40.3 Å². The Labute approximate surface area is 469 Å². The van der Waals surface area contributed by atoms with Crippen LogP contribution in [0.25, 0.3) is 10.3 Å². The van der Waals surface area contributed by atoms with Crippen molar-refractivity contribution in [2.75, 3.05) is 31.9 Å². The van der Waals surface area contributed by atoms with E-state index in [0.717, 1.165) is 73.9 Å². The molecule has 2 fully saturated rings. The second-order valence-corrected chi connectivity index (χ2v) is 20.6. The number of aromatic nitrogens is 3. The third-order valence-electron chi connectivity index (χ3n) is 13.6. The van der Waals surface area contributed by atoms with Crippen molar-refractivity contribution >= 4 is 68.8 Å². The van der Waals surface area contributed by atoms with Gasteiger partial charge in [-0.2, -0.15) is 10.1 Å². The highest BCUT2D eigenvalue weighted by atomic mass is 32.1. The van der Waals surface area contributed by atoms with Crippen LogP contribution in [0.2, 0.25) is 0 Å². The van der Waals surface area contributed by atoms with E-state index in [1.165, 1.54) is 17.6 Å². The summed E-state index contributed by atoms with van der Waals surface area (Å²) < 4.78 is 45.7. The fourth-order valence-electron chi connectivity index (χ4n) is 9.17. The summed E-state index contributed by atoms with van der Waals surface area (Å²) in [7, 11) is 0. The van der Waals surface area contributed by atoms with Gasteiger partial charge in [-0.3, -0.25) is 24.6 Å². The van der Waals surface area contributed by atoms with Gasteiger partial charge in [-0.25, -0.2) is 19.6 Å². The standard InChI is InChI=1S/C60H69N5O14S/c1-5-52(66)74-35-13-9-7-11-33-72-46-23-27-48(28-24-46)76-56(68)41-15-17-43(18-16-41)58(70)78-50-31-32-51(45(37-50)38-61-65-60-64-55-54(80-60)39(3)62-40(4)63-55)79-59(71)44-21-19-42(20-22-44)57(69)77-49-29-25-47(26-30-49)73-34-12-8-10-14-36-75-53(67)6-2/h5-6,23-32,37-38,41-44H,1-2,7-22,33-36H2,3-4H3,(H,62,63,64,65)/b61-38+. The molecule has 0 radical (unpaired) electrons. The largest absolute Gasteiger partial charge is 0.494 e. The maximum atomic E-state index is 13.7. The number of hydrogen-bond acceptors (Lipinski definition) is 20. The maximum absolute atomic E-state index is 13.7. The van der Waals surface area contributed by atoms with Crippen molar-refractivity contribution in [1.29, 1.82) is 0 Å². The zero-order valence-electron chi connectivity index (χ0n) is 45.4. The Morgan fingerprint density at radius 3 is 1.41 bits per heavy atom. The summed E-state index contributed by atoms with van der Waals surface area (Å²) in [6.07, 6.45) is 14.1. The average Bonchev–Trinajstić information content (AvgIpc) is 3.90. The van der Waals surface area contributed by atoms with E-state index in [-0.39, 0.29) is 29.4 Å². The molecule has 0 atom stereocenters. The molecule has 5 aromatic rings. The molecule has 0 saturated heterocycles. The molecule has 0 spiro atoms. The van der Waals surface area contributed by atoms with Crippen LogP contribution in [0.15, 0.2) is 97.1 Å². The number of unbranched alkanes of at least 4 members (excludes halogenated alkanes) is 6. The molecule has 2 heterocycles. The molecule has 424 valence electrons. The van der Waals surface area contributed by atoms with Gasteiger partial charge in [-0.05, 0) is 183 Å². The fourth-order valence-corrected chi connectivity index (χ4v) is 9.97. The van der Waals surface area contributed by atoms with E-state index in [4.69, 9.17) is 37.9 Å². The van der Waals surface area contributed by atoms with Crippen LogP contribution in [0.1, 0.15) is 120 Å². The highest BCUT2D eigenvalue weighted by Gasteiger charge is 2.34. The molecule has 2 aromatic heterocycles. The molecule has 2 saturated carbocycles.